The molecule has 3 heterocycles. The Labute approximate surface area is 133 Å². The summed E-state index contributed by atoms with van der Waals surface area (Å²) in [5.41, 5.74) is 2.37. The van der Waals surface area contributed by atoms with Gasteiger partial charge in [-0.3, -0.25) is 4.79 Å². The molecule has 0 amide bonds. The Morgan fingerprint density at radius 1 is 1.13 bits per heavy atom. The van der Waals surface area contributed by atoms with Crippen LogP contribution in [-0.4, -0.2) is 18.0 Å². The van der Waals surface area contributed by atoms with Crippen molar-refractivity contribution in [3.8, 4) is 0 Å². The Balaban J connectivity index is 1.56. The molecule has 1 aromatic heterocycles. The Morgan fingerprint density at radius 3 is 2.87 bits per heavy atom. The van der Waals surface area contributed by atoms with Crippen LogP contribution in [0.15, 0.2) is 34.2 Å². The van der Waals surface area contributed by atoms with Crippen LogP contribution in [0.4, 0.5) is 0 Å². The van der Waals surface area contributed by atoms with E-state index >= 15 is 0 Å². The number of carbonyl (C=O) groups is 2. The van der Waals surface area contributed by atoms with E-state index in [1.807, 2.05) is 6.07 Å². The summed E-state index contributed by atoms with van der Waals surface area (Å²) in [6.07, 6.45) is 7.73. The number of cyclic esters (lactones) is 1. The van der Waals surface area contributed by atoms with E-state index < -0.39 is 5.41 Å². The molecule has 0 radical (unpaired) electrons. The van der Waals surface area contributed by atoms with Crippen molar-refractivity contribution in [2.45, 2.75) is 50.7 Å². The Kier molecular flexibility index (Phi) is 2.62. The molecule has 5 heteroatoms. The van der Waals surface area contributed by atoms with Gasteiger partial charge in [-0.1, -0.05) is 0 Å². The molecule has 0 unspecified atom stereocenters. The van der Waals surface area contributed by atoms with Gasteiger partial charge in [0.1, 0.15) is 12.2 Å². The molecule has 1 aromatic rings. The zero-order chi connectivity index (χ0) is 15.6. The highest BCUT2D eigenvalue weighted by atomic mass is 16.6. The fourth-order valence-corrected chi connectivity index (χ4v) is 5.08. The molecular formula is C18H18O5. The molecule has 2 aliphatic carbocycles. The van der Waals surface area contributed by atoms with E-state index in [0.717, 1.165) is 48.8 Å². The average molecular weight is 314 g/mol. The van der Waals surface area contributed by atoms with Gasteiger partial charge in [0.15, 0.2) is 0 Å². The molecule has 4 aliphatic rings. The first-order valence-electron chi connectivity index (χ1n) is 8.36. The van der Waals surface area contributed by atoms with Crippen molar-refractivity contribution in [1.82, 2.24) is 0 Å². The molecule has 4 atom stereocenters. The van der Waals surface area contributed by atoms with Gasteiger partial charge in [-0.2, -0.15) is 0 Å². The van der Waals surface area contributed by atoms with Gasteiger partial charge < -0.3 is 13.9 Å². The lowest BCUT2D eigenvalue weighted by Crippen LogP contribution is -2.44. The fourth-order valence-electron chi connectivity index (χ4n) is 5.08. The second kappa shape index (κ2) is 4.49. The van der Waals surface area contributed by atoms with Gasteiger partial charge in [0.05, 0.1) is 17.9 Å². The first-order chi connectivity index (χ1) is 11.2. The van der Waals surface area contributed by atoms with Crippen molar-refractivity contribution >= 4 is 11.9 Å². The lowest BCUT2D eigenvalue weighted by Gasteiger charge is -2.43. The summed E-state index contributed by atoms with van der Waals surface area (Å²) < 4.78 is 16.4. The molecule has 1 saturated heterocycles. The molecule has 0 bridgehead atoms. The van der Waals surface area contributed by atoms with Crippen LogP contribution in [0.5, 0.6) is 0 Å². The minimum absolute atomic E-state index is 0.0980. The Morgan fingerprint density at radius 2 is 2.04 bits per heavy atom. The predicted molar refractivity (Wildman–Crippen MR) is 78.1 cm³/mol. The maximum atomic E-state index is 12.8. The van der Waals surface area contributed by atoms with Gasteiger partial charge in [-0.15, -0.1) is 0 Å². The summed E-state index contributed by atoms with van der Waals surface area (Å²) >= 11 is 0. The van der Waals surface area contributed by atoms with Crippen LogP contribution in [0.3, 0.4) is 0 Å². The molecular weight excluding hydrogens is 296 g/mol. The molecule has 5 rings (SSSR count). The lowest BCUT2D eigenvalue weighted by atomic mass is 9.58. The highest BCUT2D eigenvalue weighted by Gasteiger charge is 2.61. The van der Waals surface area contributed by atoms with Gasteiger partial charge in [-0.25, -0.2) is 4.79 Å². The molecule has 0 aromatic carbocycles. The summed E-state index contributed by atoms with van der Waals surface area (Å²) in [7, 11) is 0. The number of hydrogen-bond donors (Lipinski definition) is 0. The largest absolute Gasteiger partial charge is 0.472 e. The third-order valence-electron chi connectivity index (χ3n) is 6.13. The maximum absolute atomic E-state index is 12.8. The van der Waals surface area contributed by atoms with Crippen LogP contribution in [0.1, 0.15) is 50.2 Å². The molecule has 1 saturated carbocycles. The Hall–Kier alpha value is -2.04. The van der Waals surface area contributed by atoms with Gasteiger partial charge in [-0.05, 0) is 43.7 Å². The van der Waals surface area contributed by atoms with E-state index in [1.165, 1.54) is 0 Å². The molecule has 2 fully saturated rings. The van der Waals surface area contributed by atoms with E-state index in [1.54, 1.807) is 12.5 Å². The number of esters is 2. The number of furan rings is 1. The van der Waals surface area contributed by atoms with Gasteiger partial charge in [0.25, 0.3) is 0 Å². The zero-order valence-electron chi connectivity index (χ0n) is 12.7. The van der Waals surface area contributed by atoms with E-state index in [-0.39, 0.29) is 30.1 Å². The third kappa shape index (κ3) is 1.68. The van der Waals surface area contributed by atoms with Crippen molar-refractivity contribution in [3.05, 3.63) is 35.3 Å². The minimum Gasteiger partial charge on any atom is -0.472 e. The lowest BCUT2D eigenvalue weighted by molar-refractivity contribution is -0.153. The third-order valence-corrected chi connectivity index (χ3v) is 6.13. The second-order valence-corrected chi connectivity index (χ2v) is 7.12. The van der Waals surface area contributed by atoms with E-state index in [2.05, 4.69) is 0 Å². The highest BCUT2D eigenvalue weighted by molar-refractivity contribution is 5.93. The molecule has 5 nitrogen and oxygen atoms in total. The summed E-state index contributed by atoms with van der Waals surface area (Å²) in [4.78, 5) is 24.9. The Bertz CT molecular complexity index is 716. The van der Waals surface area contributed by atoms with E-state index in [0.29, 0.717) is 6.42 Å². The van der Waals surface area contributed by atoms with Crippen molar-refractivity contribution < 1.29 is 23.5 Å². The molecule has 2 aliphatic heterocycles. The molecule has 0 N–H and O–H groups in total. The topological polar surface area (TPSA) is 65.7 Å². The standard InChI is InChI=1S/C18H18O5/c19-16-11-2-1-3-12-15(11)13(22-16)4-6-18(12)8-14(23-17(18)20)10-5-7-21-9-10/h5,7,9,12-14H,1-4,6,8H2/t12-,13-,14-,18-/m1/s1. The van der Waals surface area contributed by atoms with Crippen molar-refractivity contribution in [2.75, 3.05) is 0 Å². The highest BCUT2D eigenvalue weighted by Crippen LogP contribution is 2.60. The smallest absolute Gasteiger partial charge is 0.334 e. The van der Waals surface area contributed by atoms with Crippen molar-refractivity contribution in [2.24, 2.45) is 11.3 Å². The van der Waals surface area contributed by atoms with E-state index in [4.69, 9.17) is 13.9 Å². The fraction of sp³-hybridized carbons (Fsp3) is 0.556. The number of carbonyl (C=O) groups excluding carboxylic acids is 2. The van der Waals surface area contributed by atoms with Gasteiger partial charge in [0, 0.05) is 23.5 Å². The second-order valence-electron chi connectivity index (χ2n) is 7.12. The monoisotopic (exact) mass is 314 g/mol. The van der Waals surface area contributed by atoms with Crippen LogP contribution in [-0.2, 0) is 19.1 Å². The van der Waals surface area contributed by atoms with Gasteiger partial charge in [0.2, 0.25) is 0 Å². The zero-order valence-corrected chi connectivity index (χ0v) is 12.7. The summed E-state index contributed by atoms with van der Waals surface area (Å²) in [6, 6.07) is 1.86. The number of fused-ring (bicyclic) bond motifs is 1. The van der Waals surface area contributed by atoms with Crippen molar-refractivity contribution in [1.29, 1.82) is 0 Å². The first-order valence-corrected chi connectivity index (χ1v) is 8.36. The van der Waals surface area contributed by atoms with E-state index in [9.17, 15) is 9.59 Å². The summed E-state index contributed by atoms with van der Waals surface area (Å²) in [5.74, 6) is -0.175. The van der Waals surface area contributed by atoms with Crippen LogP contribution in [0.25, 0.3) is 0 Å². The minimum atomic E-state index is -0.493. The summed E-state index contributed by atoms with van der Waals surface area (Å²) in [6.45, 7) is 0. The molecule has 23 heavy (non-hydrogen) atoms. The van der Waals surface area contributed by atoms with Crippen LogP contribution >= 0.6 is 0 Å². The average Bonchev–Trinajstić information content (AvgIpc) is 3.25. The summed E-state index contributed by atoms with van der Waals surface area (Å²) in [5, 5.41) is 0. The predicted octanol–water partition coefficient (Wildman–Crippen LogP) is 3.07. The quantitative estimate of drug-likeness (QED) is 0.745. The molecule has 1 spiro atoms. The van der Waals surface area contributed by atoms with Crippen LogP contribution < -0.4 is 0 Å². The number of ether oxygens (including phenoxy) is 2. The SMILES string of the molecule is O=C1O[C@@H]2CC[C@@]3(C[C@H](c4ccoc4)OC3=O)[C@@H]3CCCC1=C32. The molecule has 120 valence electrons. The van der Waals surface area contributed by atoms with Crippen LogP contribution in [0, 0.1) is 11.3 Å². The normalized spacial score (nSPS) is 38.7. The number of hydrogen-bond acceptors (Lipinski definition) is 5. The van der Waals surface area contributed by atoms with Crippen molar-refractivity contribution in [3.63, 3.8) is 0 Å². The van der Waals surface area contributed by atoms with Gasteiger partial charge >= 0.3 is 11.9 Å². The number of rotatable bonds is 1. The maximum Gasteiger partial charge on any atom is 0.334 e. The van der Waals surface area contributed by atoms with Crippen LogP contribution in [0.2, 0.25) is 0 Å². The first kappa shape index (κ1) is 13.4.